The highest BCUT2D eigenvalue weighted by atomic mass is 32.2. The first kappa shape index (κ1) is 32.7. The minimum Gasteiger partial charge on any atom is -0.494 e. The van der Waals surface area contributed by atoms with Crippen LogP contribution in [0.25, 0.3) is 0 Å². The van der Waals surface area contributed by atoms with Gasteiger partial charge in [0.05, 0.1) is 17.2 Å². The summed E-state index contributed by atoms with van der Waals surface area (Å²) in [5, 5.41) is 2.95. The van der Waals surface area contributed by atoms with Gasteiger partial charge >= 0.3 is 0 Å². The van der Waals surface area contributed by atoms with Crippen molar-refractivity contribution in [3.8, 4) is 5.75 Å². The number of sulfonamides is 1. The topological polar surface area (TPSA) is 96.0 Å². The molecule has 0 aliphatic rings. The summed E-state index contributed by atoms with van der Waals surface area (Å²) in [6, 6.07) is 20.1. The van der Waals surface area contributed by atoms with Crippen molar-refractivity contribution in [3.63, 3.8) is 0 Å². The van der Waals surface area contributed by atoms with E-state index < -0.39 is 28.5 Å². The maximum Gasteiger partial charge on any atom is 0.264 e. The van der Waals surface area contributed by atoms with E-state index in [1.165, 1.54) is 17.0 Å². The van der Waals surface area contributed by atoms with Crippen molar-refractivity contribution in [2.24, 2.45) is 5.92 Å². The molecule has 0 aliphatic heterocycles. The average molecular weight is 594 g/mol. The first-order chi connectivity index (χ1) is 20.0. The van der Waals surface area contributed by atoms with Gasteiger partial charge in [0.15, 0.2) is 0 Å². The van der Waals surface area contributed by atoms with Crippen molar-refractivity contribution in [3.05, 3.63) is 89.5 Å². The summed E-state index contributed by atoms with van der Waals surface area (Å²) in [4.78, 5) is 29.0. The van der Waals surface area contributed by atoms with E-state index in [4.69, 9.17) is 4.74 Å². The molecule has 3 aromatic rings. The number of benzene rings is 3. The van der Waals surface area contributed by atoms with E-state index >= 15 is 0 Å². The van der Waals surface area contributed by atoms with Gasteiger partial charge in [0, 0.05) is 13.1 Å². The van der Waals surface area contributed by atoms with Gasteiger partial charge in [0.2, 0.25) is 11.8 Å². The van der Waals surface area contributed by atoms with Crippen LogP contribution in [0.2, 0.25) is 0 Å². The Morgan fingerprint density at radius 2 is 1.43 bits per heavy atom. The second kappa shape index (κ2) is 14.9. The molecule has 0 radical (unpaired) electrons. The Bertz CT molecular complexity index is 1420. The van der Waals surface area contributed by atoms with Crippen molar-refractivity contribution >= 4 is 27.5 Å². The third-order valence-corrected chi connectivity index (χ3v) is 8.66. The SMILES string of the molecule is CCOc1ccc(N(CC(=O)N(Cc2ccc(C)cc2)C(CC)C(=O)NCC(C)C)S(=O)(=O)c2ccc(C)cc2)cc1. The number of aryl methyl sites for hydroxylation is 2. The lowest BCUT2D eigenvalue weighted by atomic mass is 10.1. The summed E-state index contributed by atoms with van der Waals surface area (Å²) in [6.07, 6.45) is 0.370. The minimum absolute atomic E-state index is 0.0709. The Balaban J connectivity index is 2.04. The quantitative estimate of drug-likeness (QED) is 0.267. The Hall–Kier alpha value is -3.85. The molecule has 1 atom stereocenters. The maximum atomic E-state index is 14.2. The lowest BCUT2D eigenvalue weighted by molar-refractivity contribution is -0.140. The minimum atomic E-state index is -4.13. The van der Waals surface area contributed by atoms with Crippen LogP contribution in [0.15, 0.2) is 77.7 Å². The first-order valence-corrected chi connectivity index (χ1v) is 15.8. The van der Waals surface area contributed by atoms with Crippen LogP contribution in [0.1, 0.15) is 50.8 Å². The molecule has 0 fully saturated rings. The monoisotopic (exact) mass is 593 g/mol. The zero-order chi connectivity index (χ0) is 30.9. The summed E-state index contributed by atoms with van der Waals surface area (Å²) >= 11 is 0. The molecule has 226 valence electrons. The zero-order valence-corrected chi connectivity index (χ0v) is 26.3. The molecule has 0 aliphatic carbocycles. The van der Waals surface area contributed by atoms with Crippen LogP contribution in [-0.2, 0) is 26.2 Å². The van der Waals surface area contributed by atoms with Gasteiger partial charge in [-0.3, -0.25) is 13.9 Å². The number of carbonyl (C=O) groups is 2. The van der Waals surface area contributed by atoms with Gasteiger partial charge in [-0.15, -0.1) is 0 Å². The molecule has 0 bridgehead atoms. The average Bonchev–Trinajstić information content (AvgIpc) is 2.96. The van der Waals surface area contributed by atoms with Gasteiger partial charge in [-0.05, 0) is 75.1 Å². The van der Waals surface area contributed by atoms with E-state index in [0.29, 0.717) is 31.0 Å². The number of ether oxygens (including phenoxy) is 1. The third kappa shape index (κ3) is 8.58. The molecule has 0 heterocycles. The summed E-state index contributed by atoms with van der Waals surface area (Å²) in [5.74, 6) is 0.0870. The Morgan fingerprint density at radius 1 is 0.857 bits per heavy atom. The second-order valence-corrected chi connectivity index (χ2v) is 12.7. The maximum absolute atomic E-state index is 14.2. The highest BCUT2D eigenvalue weighted by Gasteiger charge is 2.33. The fourth-order valence-corrected chi connectivity index (χ4v) is 5.89. The highest BCUT2D eigenvalue weighted by Crippen LogP contribution is 2.27. The van der Waals surface area contributed by atoms with Gasteiger partial charge in [-0.2, -0.15) is 0 Å². The van der Waals surface area contributed by atoms with E-state index in [1.807, 2.05) is 65.8 Å². The summed E-state index contributed by atoms with van der Waals surface area (Å²) in [5.41, 5.74) is 3.15. The Morgan fingerprint density at radius 3 is 1.95 bits per heavy atom. The summed E-state index contributed by atoms with van der Waals surface area (Å²) in [7, 11) is -4.13. The molecule has 42 heavy (non-hydrogen) atoms. The molecule has 2 amide bonds. The molecule has 0 aromatic heterocycles. The van der Waals surface area contributed by atoms with E-state index in [-0.39, 0.29) is 23.3 Å². The smallest absolute Gasteiger partial charge is 0.264 e. The van der Waals surface area contributed by atoms with E-state index in [2.05, 4.69) is 5.32 Å². The van der Waals surface area contributed by atoms with Gasteiger partial charge in [0.1, 0.15) is 18.3 Å². The third-order valence-electron chi connectivity index (χ3n) is 6.87. The number of amides is 2. The number of hydrogen-bond acceptors (Lipinski definition) is 5. The molecular formula is C33H43N3O5S. The van der Waals surface area contributed by atoms with E-state index in [9.17, 15) is 18.0 Å². The van der Waals surface area contributed by atoms with Gasteiger partial charge in [0.25, 0.3) is 10.0 Å². The lowest BCUT2D eigenvalue weighted by Gasteiger charge is -2.33. The van der Waals surface area contributed by atoms with Crippen molar-refractivity contribution in [1.82, 2.24) is 10.2 Å². The normalized spacial score (nSPS) is 12.1. The molecular weight excluding hydrogens is 550 g/mol. The van der Waals surface area contributed by atoms with Crippen molar-refractivity contribution in [2.75, 3.05) is 24.0 Å². The molecule has 0 spiro atoms. The van der Waals surface area contributed by atoms with E-state index in [0.717, 1.165) is 21.0 Å². The Labute approximate surface area is 250 Å². The molecule has 8 nitrogen and oxygen atoms in total. The molecule has 0 saturated carbocycles. The first-order valence-electron chi connectivity index (χ1n) is 14.4. The lowest BCUT2D eigenvalue weighted by Crippen LogP contribution is -2.52. The molecule has 0 saturated heterocycles. The zero-order valence-electron chi connectivity index (χ0n) is 25.5. The van der Waals surface area contributed by atoms with Gasteiger partial charge < -0.3 is 15.0 Å². The number of rotatable bonds is 14. The predicted molar refractivity (Wildman–Crippen MR) is 167 cm³/mol. The number of hydrogen-bond donors (Lipinski definition) is 1. The molecule has 1 N–H and O–H groups in total. The fraction of sp³-hybridized carbons (Fsp3) is 0.394. The van der Waals surface area contributed by atoms with Crippen molar-refractivity contribution in [1.29, 1.82) is 0 Å². The number of nitrogens with one attached hydrogen (secondary N) is 1. The number of carbonyl (C=O) groups excluding carboxylic acids is 2. The molecule has 9 heteroatoms. The second-order valence-electron chi connectivity index (χ2n) is 10.8. The van der Waals surface area contributed by atoms with Crippen LogP contribution < -0.4 is 14.4 Å². The predicted octanol–water partition coefficient (Wildman–Crippen LogP) is 5.48. The van der Waals surface area contributed by atoms with Crippen LogP contribution in [-0.4, -0.2) is 50.9 Å². The summed E-state index contributed by atoms with van der Waals surface area (Å²) in [6.45, 7) is 12.2. The molecule has 3 aromatic carbocycles. The van der Waals surface area contributed by atoms with Crippen molar-refractivity contribution in [2.45, 2.75) is 65.4 Å². The Kier molecular flexibility index (Phi) is 11.6. The number of anilines is 1. The fourth-order valence-electron chi connectivity index (χ4n) is 4.47. The highest BCUT2D eigenvalue weighted by molar-refractivity contribution is 7.92. The van der Waals surface area contributed by atoms with Gasteiger partial charge in [-0.1, -0.05) is 68.3 Å². The largest absolute Gasteiger partial charge is 0.494 e. The van der Waals surface area contributed by atoms with Crippen LogP contribution in [0, 0.1) is 19.8 Å². The summed E-state index contributed by atoms with van der Waals surface area (Å²) < 4.78 is 34.7. The van der Waals surface area contributed by atoms with Crippen LogP contribution in [0.3, 0.4) is 0 Å². The van der Waals surface area contributed by atoms with Crippen LogP contribution >= 0.6 is 0 Å². The van der Waals surface area contributed by atoms with Gasteiger partial charge in [-0.25, -0.2) is 8.42 Å². The van der Waals surface area contributed by atoms with E-state index in [1.54, 1.807) is 36.4 Å². The van der Waals surface area contributed by atoms with Crippen LogP contribution in [0.5, 0.6) is 5.75 Å². The molecule has 1 unspecified atom stereocenters. The number of nitrogens with zero attached hydrogens (tertiary/aromatic N) is 2. The van der Waals surface area contributed by atoms with Crippen LogP contribution in [0.4, 0.5) is 5.69 Å². The molecule has 3 rings (SSSR count). The van der Waals surface area contributed by atoms with Crippen molar-refractivity contribution < 1.29 is 22.7 Å². The standard InChI is InChI=1S/C33H43N3O5S/c1-7-31(33(38)34-21-24(3)4)35(22-27-13-9-25(5)10-14-27)32(37)23-36(28-15-17-29(18-16-28)41-8-2)42(39,40)30-19-11-26(6)12-20-30/h9-20,24,31H,7-8,21-23H2,1-6H3,(H,34,38).